The van der Waals surface area contributed by atoms with Crippen LogP contribution in [0.4, 0.5) is 0 Å². The molecule has 1 N–H and O–H groups in total. The molecule has 4 nitrogen and oxygen atoms in total. The van der Waals surface area contributed by atoms with Crippen LogP contribution in [-0.2, 0) is 9.59 Å². The van der Waals surface area contributed by atoms with Crippen molar-refractivity contribution in [1.82, 2.24) is 0 Å². The van der Waals surface area contributed by atoms with Gasteiger partial charge in [-0.3, -0.25) is 0 Å². The number of nitrogens with zero attached hydrogens (tertiary/aromatic N) is 1. The monoisotopic (exact) mass is 231 g/mol. The third-order valence-electron chi connectivity index (χ3n) is 1.99. The van der Waals surface area contributed by atoms with E-state index in [2.05, 4.69) is 4.99 Å². The highest BCUT2D eigenvalue weighted by Gasteiger charge is 2.38. The first kappa shape index (κ1) is 14.2. The largest absolute Gasteiger partial charge is 0.479 e. The lowest BCUT2D eigenvalue weighted by Gasteiger charge is -2.26. The van der Waals surface area contributed by atoms with Crippen molar-refractivity contribution in [1.29, 1.82) is 0 Å². The minimum absolute atomic E-state index is 0.0473. The lowest BCUT2D eigenvalue weighted by molar-refractivity contribution is -0.142. The number of carboxylic acid groups (broad SMARTS) is 1. The van der Waals surface area contributed by atoms with Crippen molar-refractivity contribution < 1.29 is 14.7 Å². The molecule has 0 radical (unpaired) electrons. The summed E-state index contributed by atoms with van der Waals surface area (Å²) in [5.41, 5.74) is -1.32. The summed E-state index contributed by atoms with van der Waals surface area (Å²) in [6.07, 6.45) is 1.65. The van der Waals surface area contributed by atoms with Gasteiger partial charge in [0.2, 0.25) is 6.08 Å². The number of carbonyl (C=O) groups is 1. The Bertz CT molecular complexity index is 275. The van der Waals surface area contributed by atoms with Gasteiger partial charge in [-0.05, 0) is 6.42 Å². The molecule has 0 aliphatic carbocycles. The highest BCUT2D eigenvalue weighted by Crippen LogP contribution is 2.30. The van der Waals surface area contributed by atoms with Crippen LogP contribution in [0.3, 0.4) is 0 Å². The maximum absolute atomic E-state index is 11.1. The van der Waals surface area contributed by atoms with E-state index < -0.39 is 11.5 Å². The Morgan fingerprint density at radius 2 is 2.00 bits per heavy atom. The van der Waals surface area contributed by atoms with E-state index in [0.29, 0.717) is 6.42 Å². The molecule has 0 aromatic carbocycles. The normalized spacial score (nSPS) is 15.2. The molecule has 0 amide bonds. The standard InChI is InChI=1S/C10H17NO3S/c1-5-10(8(13)14,11-7-12)6-15-9(2,3)4/h5-6H2,1-4H3,(H,13,14)/t10-/m1/s1. The van der Waals surface area contributed by atoms with Crippen LogP contribution in [0.5, 0.6) is 0 Å². The van der Waals surface area contributed by atoms with Crippen LogP contribution in [0.1, 0.15) is 34.1 Å². The summed E-state index contributed by atoms with van der Waals surface area (Å²) in [7, 11) is 0. The van der Waals surface area contributed by atoms with E-state index in [1.807, 2.05) is 20.8 Å². The Labute approximate surface area is 94.2 Å². The molecule has 5 heteroatoms. The summed E-state index contributed by atoms with van der Waals surface area (Å²) >= 11 is 1.48. The van der Waals surface area contributed by atoms with Gasteiger partial charge in [0.1, 0.15) is 0 Å². The van der Waals surface area contributed by atoms with E-state index in [1.165, 1.54) is 17.8 Å². The van der Waals surface area contributed by atoms with E-state index in [-0.39, 0.29) is 10.5 Å². The molecule has 0 bridgehead atoms. The van der Waals surface area contributed by atoms with Crippen LogP contribution < -0.4 is 0 Å². The van der Waals surface area contributed by atoms with Gasteiger partial charge < -0.3 is 5.11 Å². The molecule has 0 aliphatic rings. The van der Waals surface area contributed by atoms with Crippen LogP contribution in [0.2, 0.25) is 0 Å². The number of thioether (sulfide) groups is 1. The fourth-order valence-electron chi connectivity index (χ4n) is 0.897. The van der Waals surface area contributed by atoms with E-state index in [0.717, 1.165) is 0 Å². The zero-order valence-corrected chi connectivity index (χ0v) is 10.3. The lowest BCUT2D eigenvalue weighted by atomic mass is 10.0. The average molecular weight is 231 g/mol. The summed E-state index contributed by atoms with van der Waals surface area (Å²) in [5.74, 6) is -0.775. The topological polar surface area (TPSA) is 66.7 Å². The van der Waals surface area contributed by atoms with E-state index in [1.54, 1.807) is 6.92 Å². The highest BCUT2D eigenvalue weighted by molar-refractivity contribution is 8.00. The zero-order valence-electron chi connectivity index (χ0n) is 9.53. The molecule has 86 valence electrons. The van der Waals surface area contributed by atoms with Gasteiger partial charge in [-0.25, -0.2) is 9.59 Å². The Hall–Kier alpha value is -0.800. The molecular formula is C10H17NO3S. The molecule has 0 aliphatic heterocycles. The van der Waals surface area contributed by atoms with Crippen LogP contribution in [-0.4, -0.2) is 33.2 Å². The molecular weight excluding hydrogens is 214 g/mol. The smallest absolute Gasteiger partial charge is 0.333 e. The molecule has 0 spiro atoms. The van der Waals surface area contributed by atoms with Gasteiger partial charge in [0.25, 0.3) is 0 Å². The van der Waals surface area contributed by atoms with Crippen molar-refractivity contribution in [2.24, 2.45) is 4.99 Å². The van der Waals surface area contributed by atoms with Crippen molar-refractivity contribution in [2.45, 2.75) is 44.4 Å². The second kappa shape index (κ2) is 5.33. The van der Waals surface area contributed by atoms with Gasteiger partial charge in [-0.1, -0.05) is 27.7 Å². The minimum Gasteiger partial charge on any atom is -0.479 e. The third kappa shape index (κ3) is 4.49. The van der Waals surface area contributed by atoms with Gasteiger partial charge >= 0.3 is 5.97 Å². The summed E-state index contributed by atoms with van der Waals surface area (Å²) in [4.78, 5) is 24.8. The Kier molecular flexibility index (Phi) is 5.05. The summed E-state index contributed by atoms with van der Waals surface area (Å²) in [5, 5.41) is 9.07. The predicted molar refractivity (Wildman–Crippen MR) is 61.0 cm³/mol. The van der Waals surface area contributed by atoms with Crippen molar-refractivity contribution in [3.05, 3.63) is 0 Å². The van der Waals surface area contributed by atoms with Crippen molar-refractivity contribution >= 4 is 23.8 Å². The molecule has 0 heterocycles. The minimum atomic E-state index is -1.32. The molecule has 1 atom stereocenters. The molecule has 15 heavy (non-hydrogen) atoms. The third-order valence-corrected chi connectivity index (χ3v) is 3.47. The van der Waals surface area contributed by atoms with Crippen molar-refractivity contribution in [3.8, 4) is 0 Å². The van der Waals surface area contributed by atoms with Crippen LogP contribution in [0.25, 0.3) is 0 Å². The zero-order chi connectivity index (χ0) is 12.1. The summed E-state index contributed by atoms with van der Waals surface area (Å²) < 4.78 is -0.0473. The highest BCUT2D eigenvalue weighted by atomic mass is 32.2. The summed E-state index contributed by atoms with van der Waals surface area (Å²) in [6, 6.07) is 0. The summed E-state index contributed by atoms with van der Waals surface area (Å²) in [6.45, 7) is 7.68. The molecule has 0 saturated heterocycles. The SMILES string of the molecule is CC[C@](CSC(C)(C)C)(N=C=O)C(=O)O. The first-order chi connectivity index (χ1) is 6.77. The van der Waals surface area contributed by atoms with E-state index in [9.17, 15) is 9.59 Å². The number of hydrogen-bond acceptors (Lipinski definition) is 4. The average Bonchev–Trinajstić information content (AvgIpc) is 2.10. The van der Waals surface area contributed by atoms with Gasteiger partial charge in [0, 0.05) is 10.5 Å². The molecule has 0 aromatic rings. The Morgan fingerprint density at radius 1 is 1.47 bits per heavy atom. The number of aliphatic imine (C=N–C) groups is 1. The number of isocyanates is 1. The fraction of sp³-hybridized carbons (Fsp3) is 0.800. The van der Waals surface area contributed by atoms with Gasteiger partial charge in [-0.15, -0.1) is 0 Å². The van der Waals surface area contributed by atoms with Gasteiger partial charge in [-0.2, -0.15) is 16.8 Å². The van der Waals surface area contributed by atoms with E-state index >= 15 is 0 Å². The fourth-order valence-corrected chi connectivity index (χ4v) is 1.96. The Balaban J connectivity index is 4.79. The van der Waals surface area contributed by atoms with Crippen LogP contribution in [0, 0.1) is 0 Å². The quantitative estimate of drug-likeness (QED) is 0.581. The van der Waals surface area contributed by atoms with Crippen molar-refractivity contribution in [3.63, 3.8) is 0 Å². The molecule has 0 fully saturated rings. The number of aliphatic carboxylic acids is 1. The molecule has 0 unspecified atom stereocenters. The second-order valence-corrected chi connectivity index (χ2v) is 6.10. The van der Waals surface area contributed by atoms with Gasteiger partial charge in [0.05, 0.1) is 0 Å². The Morgan fingerprint density at radius 3 is 2.27 bits per heavy atom. The predicted octanol–water partition coefficient (Wildman–Crippen LogP) is 2.09. The number of rotatable bonds is 5. The van der Waals surface area contributed by atoms with Crippen LogP contribution >= 0.6 is 11.8 Å². The first-order valence-electron chi connectivity index (χ1n) is 4.74. The lowest BCUT2D eigenvalue weighted by Crippen LogP contribution is -2.39. The number of hydrogen-bond donors (Lipinski definition) is 1. The van der Waals surface area contributed by atoms with E-state index in [4.69, 9.17) is 5.11 Å². The maximum Gasteiger partial charge on any atom is 0.333 e. The second-order valence-electron chi connectivity index (χ2n) is 4.29. The molecule has 0 saturated carbocycles. The van der Waals surface area contributed by atoms with Gasteiger partial charge in [0.15, 0.2) is 5.54 Å². The molecule has 0 rings (SSSR count). The maximum atomic E-state index is 11.1. The van der Waals surface area contributed by atoms with Crippen LogP contribution in [0.15, 0.2) is 4.99 Å². The van der Waals surface area contributed by atoms with Crippen molar-refractivity contribution in [2.75, 3.05) is 5.75 Å². The first-order valence-corrected chi connectivity index (χ1v) is 5.72. The molecule has 0 aromatic heterocycles. The number of carboxylic acids is 1. The number of carbonyl (C=O) groups excluding carboxylic acids is 1.